The van der Waals surface area contributed by atoms with E-state index in [0.29, 0.717) is 24.5 Å². The van der Waals surface area contributed by atoms with Crippen LogP contribution in [0.3, 0.4) is 0 Å². The molecular weight excluding hydrogens is 300 g/mol. The van der Waals surface area contributed by atoms with Crippen molar-refractivity contribution in [3.63, 3.8) is 0 Å². The average molecular weight is 323 g/mol. The van der Waals surface area contributed by atoms with Crippen LogP contribution in [-0.2, 0) is 16.0 Å². The molecule has 1 fully saturated rings. The Morgan fingerprint density at radius 1 is 1.32 bits per heavy atom. The van der Waals surface area contributed by atoms with Crippen molar-refractivity contribution in [2.24, 2.45) is 5.92 Å². The SMILES string of the molecule is CC(C)(C)N1CC(C(=O)NCCc2ccc(Cl)cc2)CC1=O. The fourth-order valence-corrected chi connectivity index (χ4v) is 2.78. The van der Waals surface area contributed by atoms with Crippen molar-refractivity contribution in [3.8, 4) is 0 Å². The Morgan fingerprint density at radius 2 is 1.95 bits per heavy atom. The minimum absolute atomic E-state index is 0.0333. The number of likely N-dealkylation sites (tertiary alicyclic amines) is 1. The van der Waals surface area contributed by atoms with E-state index >= 15 is 0 Å². The van der Waals surface area contributed by atoms with Crippen molar-refractivity contribution in [1.29, 1.82) is 0 Å². The van der Waals surface area contributed by atoms with Crippen LogP contribution < -0.4 is 5.32 Å². The quantitative estimate of drug-likeness (QED) is 0.926. The molecule has 4 nitrogen and oxygen atoms in total. The number of rotatable bonds is 4. The van der Waals surface area contributed by atoms with Crippen LogP contribution in [0.5, 0.6) is 0 Å². The number of carbonyl (C=O) groups excluding carboxylic acids is 2. The van der Waals surface area contributed by atoms with E-state index < -0.39 is 0 Å². The van der Waals surface area contributed by atoms with E-state index in [4.69, 9.17) is 11.6 Å². The fourth-order valence-electron chi connectivity index (χ4n) is 2.66. The van der Waals surface area contributed by atoms with E-state index in [-0.39, 0.29) is 23.3 Å². The van der Waals surface area contributed by atoms with E-state index in [2.05, 4.69) is 5.32 Å². The first-order valence-electron chi connectivity index (χ1n) is 7.60. The number of hydrogen-bond acceptors (Lipinski definition) is 2. The smallest absolute Gasteiger partial charge is 0.225 e. The first-order chi connectivity index (χ1) is 10.3. The molecule has 1 saturated heterocycles. The van der Waals surface area contributed by atoms with Gasteiger partial charge in [-0.15, -0.1) is 0 Å². The minimum atomic E-state index is -0.239. The Kier molecular flexibility index (Phi) is 5.12. The summed E-state index contributed by atoms with van der Waals surface area (Å²) in [6, 6.07) is 7.59. The molecule has 0 saturated carbocycles. The lowest BCUT2D eigenvalue weighted by atomic mass is 10.1. The number of halogens is 1. The predicted molar refractivity (Wildman–Crippen MR) is 87.7 cm³/mol. The highest BCUT2D eigenvalue weighted by molar-refractivity contribution is 6.30. The summed E-state index contributed by atoms with van der Waals surface area (Å²) in [6.07, 6.45) is 1.07. The molecule has 1 aromatic carbocycles. The number of carbonyl (C=O) groups is 2. The van der Waals surface area contributed by atoms with Crippen LogP contribution in [0.1, 0.15) is 32.8 Å². The second-order valence-corrected chi connectivity index (χ2v) is 7.18. The molecule has 0 aliphatic carbocycles. The molecule has 1 aliphatic rings. The van der Waals surface area contributed by atoms with Crippen molar-refractivity contribution in [2.45, 2.75) is 39.2 Å². The lowest BCUT2D eigenvalue weighted by Crippen LogP contribution is -2.43. The van der Waals surface area contributed by atoms with Crippen molar-refractivity contribution in [1.82, 2.24) is 10.2 Å². The van der Waals surface area contributed by atoms with Crippen molar-refractivity contribution < 1.29 is 9.59 Å². The van der Waals surface area contributed by atoms with Crippen LogP contribution in [-0.4, -0.2) is 35.3 Å². The Hall–Kier alpha value is -1.55. The van der Waals surface area contributed by atoms with Crippen molar-refractivity contribution >= 4 is 23.4 Å². The van der Waals surface area contributed by atoms with Gasteiger partial charge in [-0.2, -0.15) is 0 Å². The third-order valence-corrected chi connectivity index (χ3v) is 4.18. The van der Waals surface area contributed by atoms with E-state index in [0.717, 1.165) is 12.0 Å². The molecule has 1 unspecified atom stereocenters. The zero-order valence-corrected chi connectivity index (χ0v) is 14.1. The van der Waals surface area contributed by atoms with Crippen LogP contribution in [0.2, 0.25) is 5.02 Å². The summed E-state index contributed by atoms with van der Waals surface area (Å²) in [7, 11) is 0. The summed E-state index contributed by atoms with van der Waals surface area (Å²) < 4.78 is 0. The largest absolute Gasteiger partial charge is 0.355 e. The standard InChI is InChI=1S/C17H23ClN2O2/c1-17(2,3)20-11-13(10-15(20)21)16(22)19-9-8-12-4-6-14(18)7-5-12/h4-7,13H,8-11H2,1-3H3,(H,19,22). The molecule has 0 radical (unpaired) electrons. The topological polar surface area (TPSA) is 49.4 Å². The van der Waals surface area contributed by atoms with Gasteiger partial charge in [0.15, 0.2) is 0 Å². The Labute approximate surface area is 136 Å². The summed E-state index contributed by atoms with van der Waals surface area (Å²) in [5.74, 6) is -0.212. The highest BCUT2D eigenvalue weighted by Crippen LogP contribution is 2.25. The molecule has 1 N–H and O–H groups in total. The van der Waals surface area contributed by atoms with Crippen LogP contribution in [0.15, 0.2) is 24.3 Å². The van der Waals surface area contributed by atoms with Gasteiger partial charge in [-0.25, -0.2) is 0 Å². The van der Waals surface area contributed by atoms with Gasteiger partial charge in [0, 0.05) is 30.1 Å². The molecule has 1 aromatic rings. The van der Waals surface area contributed by atoms with Crippen LogP contribution in [0.25, 0.3) is 0 Å². The van der Waals surface area contributed by atoms with Gasteiger partial charge in [-0.3, -0.25) is 9.59 Å². The normalized spacial score (nSPS) is 18.6. The summed E-state index contributed by atoms with van der Waals surface area (Å²) in [6.45, 7) is 7.05. The van der Waals surface area contributed by atoms with Crippen molar-refractivity contribution in [3.05, 3.63) is 34.9 Å². The summed E-state index contributed by atoms with van der Waals surface area (Å²) >= 11 is 5.84. The lowest BCUT2D eigenvalue weighted by molar-refractivity contribution is -0.132. The fraction of sp³-hybridized carbons (Fsp3) is 0.529. The Bertz CT molecular complexity index is 549. The summed E-state index contributed by atoms with van der Waals surface area (Å²) in [5, 5.41) is 3.64. The number of hydrogen-bond donors (Lipinski definition) is 1. The number of nitrogens with one attached hydrogen (secondary N) is 1. The first-order valence-corrected chi connectivity index (χ1v) is 7.98. The minimum Gasteiger partial charge on any atom is -0.355 e. The molecule has 120 valence electrons. The third kappa shape index (κ3) is 4.23. The highest BCUT2D eigenvalue weighted by Gasteiger charge is 2.39. The molecule has 0 bridgehead atoms. The van der Waals surface area contributed by atoms with Crippen LogP contribution in [0.4, 0.5) is 0 Å². The van der Waals surface area contributed by atoms with Gasteiger partial charge in [0.2, 0.25) is 11.8 Å². The molecule has 0 spiro atoms. The Balaban J connectivity index is 1.81. The molecule has 1 aliphatic heterocycles. The van der Waals surface area contributed by atoms with Crippen LogP contribution in [0, 0.1) is 5.92 Å². The maximum absolute atomic E-state index is 12.2. The molecule has 22 heavy (non-hydrogen) atoms. The first kappa shape index (κ1) is 16.8. The van der Waals surface area contributed by atoms with Gasteiger partial charge >= 0.3 is 0 Å². The van der Waals surface area contributed by atoms with Gasteiger partial charge in [-0.1, -0.05) is 23.7 Å². The van der Waals surface area contributed by atoms with Crippen molar-refractivity contribution in [2.75, 3.05) is 13.1 Å². The molecular formula is C17H23ClN2O2. The molecule has 2 rings (SSSR count). The number of amides is 2. The lowest BCUT2D eigenvalue weighted by Gasteiger charge is -2.31. The van der Waals surface area contributed by atoms with Gasteiger partial charge in [0.25, 0.3) is 0 Å². The summed E-state index contributed by atoms with van der Waals surface area (Å²) in [4.78, 5) is 26.0. The molecule has 0 aromatic heterocycles. The second kappa shape index (κ2) is 6.69. The van der Waals surface area contributed by atoms with E-state index in [9.17, 15) is 9.59 Å². The van der Waals surface area contributed by atoms with Gasteiger partial charge in [0.05, 0.1) is 5.92 Å². The maximum Gasteiger partial charge on any atom is 0.225 e. The second-order valence-electron chi connectivity index (χ2n) is 6.74. The number of benzene rings is 1. The molecule has 1 atom stereocenters. The monoisotopic (exact) mass is 322 g/mol. The zero-order valence-electron chi connectivity index (χ0n) is 13.4. The Morgan fingerprint density at radius 3 is 2.50 bits per heavy atom. The van der Waals surface area contributed by atoms with E-state index in [1.165, 1.54) is 0 Å². The van der Waals surface area contributed by atoms with E-state index in [1.54, 1.807) is 4.90 Å². The molecule has 2 amide bonds. The van der Waals surface area contributed by atoms with Gasteiger partial charge in [-0.05, 0) is 44.9 Å². The number of nitrogens with zero attached hydrogens (tertiary/aromatic N) is 1. The zero-order chi connectivity index (χ0) is 16.3. The third-order valence-electron chi connectivity index (χ3n) is 3.93. The predicted octanol–water partition coefficient (Wildman–Crippen LogP) is 2.65. The summed E-state index contributed by atoms with van der Waals surface area (Å²) in [5.41, 5.74) is 0.901. The average Bonchev–Trinajstić information content (AvgIpc) is 2.83. The van der Waals surface area contributed by atoms with E-state index in [1.807, 2.05) is 45.0 Å². The van der Waals surface area contributed by atoms with Crippen LogP contribution >= 0.6 is 11.6 Å². The maximum atomic E-state index is 12.2. The van der Waals surface area contributed by atoms with Gasteiger partial charge < -0.3 is 10.2 Å². The van der Waals surface area contributed by atoms with Gasteiger partial charge in [0.1, 0.15) is 0 Å². The molecule has 1 heterocycles. The highest BCUT2D eigenvalue weighted by atomic mass is 35.5. The molecule has 5 heteroatoms.